The van der Waals surface area contributed by atoms with Gasteiger partial charge in [0.25, 0.3) is 0 Å². The first-order valence-electron chi connectivity index (χ1n) is 7.92. The number of hydrogen-bond donors (Lipinski definition) is 1. The average Bonchev–Trinajstić information content (AvgIpc) is 2.62. The van der Waals surface area contributed by atoms with Crippen LogP contribution in [0.3, 0.4) is 0 Å². The Hall–Kier alpha value is -0.610. The molecule has 0 aromatic carbocycles. The van der Waals surface area contributed by atoms with Gasteiger partial charge in [0.15, 0.2) is 0 Å². The third-order valence-corrected chi connectivity index (χ3v) is 4.42. The summed E-state index contributed by atoms with van der Waals surface area (Å²) in [6, 6.07) is -0.198. The van der Waals surface area contributed by atoms with Crippen molar-refractivity contribution in [3.8, 4) is 0 Å². The topological polar surface area (TPSA) is 41.6 Å². The fraction of sp³-hybridized carbons (Fsp3) is 0.938. The van der Waals surface area contributed by atoms with Gasteiger partial charge in [-0.2, -0.15) is 0 Å². The number of likely N-dealkylation sites (tertiary alicyclic amines) is 1. The van der Waals surface area contributed by atoms with Crippen LogP contribution in [0.5, 0.6) is 0 Å². The summed E-state index contributed by atoms with van der Waals surface area (Å²) in [6.45, 7) is 12.8. The van der Waals surface area contributed by atoms with Gasteiger partial charge in [-0.25, -0.2) is 0 Å². The molecular weight excluding hydrogens is 252 g/mol. The van der Waals surface area contributed by atoms with Crippen LogP contribution in [0.4, 0.5) is 0 Å². The molecule has 1 fully saturated rings. The Kier molecular flexibility index (Phi) is 6.96. The highest BCUT2D eigenvalue weighted by molar-refractivity contribution is 5.75. The van der Waals surface area contributed by atoms with Gasteiger partial charge in [0.05, 0.1) is 7.11 Å². The molecule has 118 valence electrons. The molecule has 0 aromatic rings. The summed E-state index contributed by atoms with van der Waals surface area (Å²) in [5, 5.41) is 3.23. The van der Waals surface area contributed by atoms with Gasteiger partial charge in [-0.15, -0.1) is 0 Å². The number of hydrogen-bond acceptors (Lipinski definition) is 4. The summed E-state index contributed by atoms with van der Waals surface area (Å²) in [4.78, 5) is 14.2. The molecular formula is C16H32N2O2. The standard InChI is InChI=1S/C16H32N2O2/c1-6-17-14(15(19)20-5)12-18-10-7-8-13(9-11-18)16(2,3)4/h13-14,17H,6-12H2,1-5H3. The summed E-state index contributed by atoms with van der Waals surface area (Å²) in [7, 11) is 1.46. The summed E-state index contributed by atoms with van der Waals surface area (Å²) in [5.74, 6) is 0.631. The molecule has 20 heavy (non-hydrogen) atoms. The number of rotatable bonds is 5. The van der Waals surface area contributed by atoms with Crippen molar-refractivity contribution < 1.29 is 9.53 Å². The third-order valence-electron chi connectivity index (χ3n) is 4.42. The molecule has 0 aromatic heterocycles. The number of carbonyl (C=O) groups excluding carboxylic acids is 1. The molecule has 4 nitrogen and oxygen atoms in total. The van der Waals surface area contributed by atoms with E-state index >= 15 is 0 Å². The Morgan fingerprint density at radius 3 is 2.60 bits per heavy atom. The first-order valence-corrected chi connectivity index (χ1v) is 7.92. The van der Waals surface area contributed by atoms with Crippen molar-refractivity contribution in [3.05, 3.63) is 0 Å². The molecule has 1 rings (SSSR count). The molecule has 0 spiro atoms. The van der Waals surface area contributed by atoms with Crippen LogP contribution in [-0.2, 0) is 9.53 Å². The van der Waals surface area contributed by atoms with Crippen LogP contribution in [0.15, 0.2) is 0 Å². The molecule has 0 amide bonds. The maximum Gasteiger partial charge on any atom is 0.324 e. The summed E-state index contributed by atoms with van der Waals surface area (Å²) >= 11 is 0. The highest BCUT2D eigenvalue weighted by atomic mass is 16.5. The van der Waals surface area contributed by atoms with Gasteiger partial charge in [0, 0.05) is 6.54 Å². The molecule has 2 atom stereocenters. The van der Waals surface area contributed by atoms with E-state index in [1.165, 1.54) is 26.4 Å². The van der Waals surface area contributed by atoms with Crippen molar-refractivity contribution in [2.45, 2.75) is 53.0 Å². The van der Waals surface area contributed by atoms with Gasteiger partial charge < -0.3 is 15.0 Å². The van der Waals surface area contributed by atoms with Crippen LogP contribution >= 0.6 is 0 Å². The Bertz CT molecular complexity index is 299. The highest BCUT2D eigenvalue weighted by Gasteiger charge is 2.28. The smallest absolute Gasteiger partial charge is 0.324 e. The van der Waals surface area contributed by atoms with Crippen molar-refractivity contribution in [1.29, 1.82) is 0 Å². The Labute approximate surface area is 124 Å². The van der Waals surface area contributed by atoms with E-state index in [2.05, 4.69) is 31.0 Å². The number of carbonyl (C=O) groups is 1. The van der Waals surface area contributed by atoms with Crippen molar-refractivity contribution >= 4 is 5.97 Å². The van der Waals surface area contributed by atoms with Crippen molar-refractivity contribution in [3.63, 3.8) is 0 Å². The second-order valence-corrected chi connectivity index (χ2v) is 6.93. The zero-order valence-corrected chi connectivity index (χ0v) is 13.9. The van der Waals surface area contributed by atoms with Crippen molar-refractivity contribution in [2.24, 2.45) is 11.3 Å². The molecule has 1 N–H and O–H groups in total. The molecule has 1 aliphatic rings. The number of esters is 1. The minimum absolute atomic E-state index is 0.150. The van der Waals surface area contributed by atoms with Crippen LogP contribution in [-0.4, -0.2) is 50.2 Å². The maximum atomic E-state index is 11.8. The van der Waals surface area contributed by atoms with E-state index in [0.717, 1.165) is 32.1 Å². The monoisotopic (exact) mass is 284 g/mol. The number of ether oxygens (including phenoxy) is 1. The second kappa shape index (κ2) is 7.99. The molecule has 0 saturated carbocycles. The Morgan fingerprint density at radius 1 is 1.35 bits per heavy atom. The number of methoxy groups -OCH3 is 1. The predicted molar refractivity (Wildman–Crippen MR) is 82.7 cm³/mol. The average molecular weight is 284 g/mol. The second-order valence-electron chi connectivity index (χ2n) is 6.93. The quantitative estimate of drug-likeness (QED) is 0.787. The zero-order valence-electron chi connectivity index (χ0n) is 13.9. The van der Waals surface area contributed by atoms with Crippen LogP contribution in [0.2, 0.25) is 0 Å². The van der Waals surface area contributed by atoms with Gasteiger partial charge in [-0.1, -0.05) is 27.7 Å². The lowest BCUT2D eigenvalue weighted by atomic mass is 9.77. The SMILES string of the molecule is CCNC(CN1CCCC(C(C)(C)C)CC1)C(=O)OC. The zero-order chi connectivity index (χ0) is 15.2. The van der Waals surface area contributed by atoms with E-state index in [0.29, 0.717) is 5.41 Å². The van der Waals surface area contributed by atoms with E-state index in [9.17, 15) is 4.79 Å². The number of nitrogens with zero attached hydrogens (tertiary/aromatic N) is 1. The number of nitrogens with one attached hydrogen (secondary N) is 1. The van der Waals surface area contributed by atoms with Gasteiger partial charge in [0.1, 0.15) is 6.04 Å². The molecule has 1 aliphatic heterocycles. The van der Waals surface area contributed by atoms with E-state index in [-0.39, 0.29) is 12.0 Å². The maximum absolute atomic E-state index is 11.8. The Balaban J connectivity index is 2.53. The first-order chi connectivity index (χ1) is 9.38. The molecule has 0 aliphatic carbocycles. The molecule has 0 bridgehead atoms. The lowest BCUT2D eigenvalue weighted by Crippen LogP contribution is -2.47. The summed E-state index contributed by atoms with van der Waals surface area (Å²) in [6.07, 6.45) is 3.75. The van der Waals surface area contributed by atoms with E-state index < -0.39 is 0 Å². The van der Waals surface area contributed by atoms with Gasteiger partial charge in [0.2, 0.25) is 0 Å². The Morgan fingerprint density at radius 2 is 2.05 bits per heavy atom. The van der Waals surface area contributed by atoms with Gasteiger partial charge in [-0.05, 0) is 50.2 Å². The number of likely N-dealkylation sites (N-methyl/N-ethyl adjacent to an activating group) is 1. The largest absolute Gasteiger partial charge is 0.468 e. The van der Waals surface area contributed by atoms with Gasteiger partial charge >= 0.3 is 5.97 Å². The minimum atomic E-state index is -0.198. The minimum Gasteiger partial charge on any atom is -0.468 e. The van der Waals surface area contributed by atoms with Crippen molar-refractivity contribution in [2.75, 3.05) is 33.3 Å². The first kappa shape index (κ1) is 17.4. The van der Waals surface area contributed by atoms with E-state index in [4.69, 9.17) is 4.74 Å². The summed E-state index contributed by atoms with van der Waals surface area (Å²) < 4.78 is 4.88. The molecule has 1 saturated heterocycles. The fourth-order valence-corrected chi connectivity index (χ4v) is 3.07. The van der Waals surface area contributed by atoms with Gasteiger partial charge in [-0.3, -0.25) is 4.79 Å². The van der Waals surface area contributed by atoms with Crippen LogP contribution < -0.4 is 5.32 Å². The van der Waals surface area contributed by atoms with E-state index in [1.54, 1.807) is 0 Å². The molecule has 4 heteroatoms. The normalized spacial score (nSPS) is 23.1. The van der Waals surface area contributed by atoms with Crippen LogP contribution in [0, 0.1) is 11.3 Å². The van der Waals surface area contributed by atoms with E-state index in [1.807, 2.05) is 6.92 Å². The molecule has 2 unspecified atom stereocenters. The summed E-state index contributed by atoms with van der Waals surface area (Å²) in [5.41, 5.74) is 0.388. The highest BCUT2D eigenvalue weighted by Crippen LogP contribution is 2.34. The lowest BCUT2D eigenvalue weighted by molar-refractivity contribution is -0.143. The lowest BCUT2D eigenvalue weighted by Gasteiger charge is -2.30. The fourth-order valence-electron chi connectivity index (χ4n) is 3.07. The molecule has 1 heterocycles. The van der Waals surface area contributed by atoms with Crippen LogP contribution in [0.25, 0.3) is 0 Å². The predicted octanol–water partition coefficient (Wildman–Crippen LogP) is 2.29. The third kappa shape index (κ3) is 5.41. The molecule has 0 radical (unpaired) electrons. The van der Waals surface area contributed by atoms with Crippen molar-refractivity contribution in [1.82, 2.24) is 10.2 Å². The van der Waals surface area contributed by atoms with Crippen LogP contribution in [0.1, 0.15) is 47.0 Å².